The van der Waals surface area contributed by atoms with Gasteiger partial charge in [-0.05, 0) is 41.5 Å². The molecular weight excluding hydrogens is 336 g/mol. The molecule has 26 heavy (non-hydrogen) atoms. The quantitative estimate of drug-likeness (QED) is 0.656. The molecule has 0 amide bonds. The van der Waals surface area contributed by atoms with E-state index in [2.05, 4.69) is 15.3 Å². The van der Waals surface area contributed by atoms with E-state index in [9.17, 15) is 4.79 Å². The van der Waals surface area contributed by atoms with Gasteiger partial charge in [-0.1, -0.05) is 12.1 Å². The summed E-state index contributed by atoms with van der Waals surface area (Å²) >= 11 is 0. The number of hydrogen-bond acceptors (Lipinski definition) is 6. The summed E-state index contributed by atoms with van der Waals surface area (Å²) in [6.07, 6.45) is 4.61. The molecule has 0 saturated heterocycles. The minimum absolute atomic E-state index is 0.221. The van der Waals surface area contributed by atoms with E-state index in [0.29, 0.717) is 11.5 Å². The van der Waals surface area contributed by atoms with Crippen molar-refractivity contribution in [2.45, 2.75) is 6.61 Å². The van der Waals surface area contributed by atoms with Crippen LogP contribution in [0, 0.1) is 0 Å². The highest BCUT2D eigenvalue weighted by Crippen LogP contribution is 2.28. The highest BCUT2D eigenvalue weighted by molar-refractivity contribution is 5.87. The van der Waals surface area contributed by atoms with Gasteiger partial charge in [-0.3, -0.25) is 0 Å². The summed E-state index contributed by atoms with van der Waals surface area (Å²) in [7, 11) is 1.55. The van der Waals surface area contributed by atoms with Gasteiger partial charge in [-0.15, -0.1) is 10.2 Å². The molecule has 0 bridgehead atoms. The highest BCUT2D eigenvalue weighted by atomic mass is 16.5. The largest absolute Gasteiger partial charge is 0.493 e. The van der Waals surface area contributed by atoms with Crippen LogP contribution in [0.25, 0.3) is 0 Å². The smallest absolute Gasteiger partial charge is 0.335 e. The van der Waals surface area contributed by atoms with Crippen molar-refractivity contribution >= 4 is 12.2 Å². The summed E-state index contributed by atoms with van der Waals surface area (Å²) in [6, 6.07) is 12.0. The molecule has 0 spiro atoms. The number of benzene rings is 2. The van der Waals surface area contributed by atoms with Crippen LogP contribution in [-0.2, 0) is 6.61 Å². The second-order valence-corrected chi connectivity index (χ2v) is 5.29. The maximum absolute atomic E-state index is 11.0. The Morgan fingerprint density at radius 3 is 2.73 bits per heavy atom. The third-order valence-corrected chi connectivity index (χ3v) is 3.50. The minimum Gasteiger partial charge on any atom is -0.493 e. The molecule has 8 heteroatoms. The van der Waals surface area contributed by atoms with Crippen molar-refractivity contribution in [1.82, 2.24) is 14.9 Å². The molecule has 3 aromatic rings. The molecule has 0 aliphatic heterocycles. The monoisotopic (exact) mass is 352 g/mol. The second kappa shape index (κ2) is 7.93. The third-order valence-electron chi connectivity index (χ3n) is 3.50. The summed E-state index contributed by atoms with van der Waals surface area (Å²) in [6.45, 7) is 0.228. The number of hydrogen-bond donors (Lipinski definition) is 1. The maximum Gasteiger partial charge on any atom is 0.335 e. The first kappa shape index (κ1) is 17.2. The van der Waals surface area contributed by atoms with Crippen LogP contribution >= 0.6 is 0 Å². The van der Waals surface area contributed by atoms with E-state index in [4.69, 9.17) is 14.6 Å². The first-order chi connectivity index (χ1) is 12.7. The van der Waals surface area contributed by atoms with Gasteiger partial charge in [-0.2, -0.15) is 5.10 Å². The fourth-order valence-electron chi connectivity index (χ4n) is 2.23. The molecule has 0 unspecified atom stereocenters. The first-order valence-corrected chi connectivity index (χ1v) is 7.68. The van der Waals surface area contributed by atoms with Gasteiger partial charge in [0.15, 0.2) is 11.5 Å². The lowest BCUT2D eigenvalue weighted by atomic mass is 10.1. The maximum atomic E-state index is 11.0. The standard InChI is InChI=1S/C18H16N4O4/c1-25-17-8-13(9-21-22-11-19-20-12-22)5-6-16(17)26-10-14-3-2-4-15(7-14)18(23)24/h2-9,11-12H,10H2,1H3,(H,23,24)/b21-9-. The zero-order valence-electron chi connectivity index (χ0n) is 13.9. The van der Waals surface area contributed by atoms with Crippen molar-refractivity contribution in [3.8, 4) is 11.5 Å². The van der Waals surface area contributed by atoms with Crippen LogP contribution in [0.3, 0.4) is 0 Å². The number of nitrogens with zero attached hydrogens (tertiary/aromatic N) is 4. The average Bonchev–Trinajstić information content (AvgIpc) is 3.18. The number of aromatic nitrogens is 3. The highest BCUT2D eigenvalue weighted by Gasteiger charge is 2.07. The summed E-state index contributed by atoms with van der Waals surface area (Å²) in [5.41, 5.74) is 1.79. The fraction of sp³-hybridized carbons (Fsp3) is 0.111. The lowest BCUT2D eigenvalue weighted by Gasteiger charge is -2.11. The van der Waals surface area contributed by atoms with Crippen molar-refractivity contribution in [3.05, 3.63) is 71.8 Å². The van der Waals surface area contributed by atoms with Crippen LogP contribution in [-0.4, -0.2) is 39.3 Å². The van der Waals surface area contributed by atoms with Gasteiger partial charge in [0.25, 0.3) is 0 Å². The van der Waals surface area contributed by atoms with Crippen molar-refractivity contribution in [2.24, 2.45) is 5.10 Å². The molecule has 132 valence electrons. The molecule has 0 aliphatic rings. The number of rotatable bonds is 7. The molecule has 2 aromatic carbocycles. The van der Waals surface area contributed by atoms with Crippen molar-refractivity contribution in [2.75, 3.05) is 7.11 Å². The predicted molar refractivity (Wildman–Crippen MR) is 93.7 cm³/mol. The van der Waals surface area contributed by atoms with Crippen LogP contribution < -0.4 is 9.47 Å². The van der Waals surface area contributed by atoms with Gasteiger partial charge < -0.3 is 14.6 Å². The van der Waals surface area contributed by atoms with E-state index in [0.717, 1.165) is 11.1 Å². The van der Waals surface area contributed by atoms with E-state index >= 15 is 0 Å². The normalized spacial score (nSPS) is 10.8. The Kier molecular flexibility index (Phi) is 5.23. The van der Waals surface area contributed by atoms with E-state index < -0.39 is 5.97 Å². The van der Waals surface area contributed by atoms with E-state index in [-0.39, 0.29) is 12.2 Å². The number of ether oxygens (including phenoxy) is 2. The molecule has 1 N–H and O–H groups in total. The van der Waals surface area contributed by atoms with Gasteiger partial charge in [0.2, 0.25) is 0 Å². The van der Waals surface area contributed by atoms with Gasteiger partial charge in [0.05, 0.1) is 18.9 Å². The Bertz CT molecular complexity index is 923. The van der Waals surface area contributed by atoms with Crippen molar-refractivity contribution < 1.29 is 19.4 Å². The lowest BCUT2D eigenvalue weighted by Crippen LogP contribution is -2.01. The van der Waals surface area contributed by atoms with Gasteiger partial charge in [0, 0.05) is 0 Å². The van der Waals surface area contributed by atoms with Gasteiger partial charge >= 0.3 is 5.97 Å². The van der Waals surface area contributed by atoms with E-state index in [1.54, 1.807) is 43.7 Å². The topological polar surface area (TPSA) is 98.8 Å². The summed E-state index contributed by atoms with van der Waals surface area (Å²) < 4.78 is 12.6. The number of carboxylic acid groups (broad SMARTS) is 1. The fourth-order valence-corrected chi connectivity index (χ4v) is 2.23. The van der Waals surface area contributed by atoms with Crippen LogP contribution in [0.1, 0.15) is 21.5 Å². The van der Waals surface area contributed by atoms with Gasteiger partial charge in [-0.25, -0.2) is 9.47 Å². The molecule has 3 rings (SSSR count). The second-order valence-electron chi connectivity index (χ2n) is 5.29. The molecule has 0 saturated carbocycles. The van der Waals surface area contributed by atoms with Crippen molar-refractivity contribution in [1.29, 1.82) is 0 Å². The SMILES string of the molecule is COc1cc(/C=N\n2cnnc2)ccc1OCc1cccc(C(=O)O)c1. The van der Waals surface area contributed by atoms with E-state index in [1.807, 2.05) is 6.07 Å². The van der Waals surface area contributed by atoms with Gasteiger partial charge in [0.1, 0.15) is 19.3 Å². The van der Waals surface area contributed by atoms with Crippen LogP contribution in [0.15, 0.2) is 60.2 Å². The summed E-state index contributed by atoms with van der Waals surface area (Å²) in [4.78, 5) is 11.0. The van der Waals surface area contributed by atoms with Crippen LogP contribution in [0.5, 0.6) is 11.5 Å². The number of carbonyl (C=O) groups is 1. The molecule has 0 atom stereocenters. The Morgan fingerprint density at radius 1 is 1.19 bits per heavy atom. The lowest BCUT2D eigenvalue weighted by molar-refractivity contribution is 0.0696. The first-order valence-electron chi connectivity index (χ1n) is 7.68. The number of aromatic carboxylic acids is 1. The number of carboxylic acids is 1. The summed E-state index contributed by atoms with van der Waals surface area (Å²) in [5, 5.41) is 20.6. The third kappa shape index (κ3) is 4.23. The Balaban J connectivity index is 1.72. The summed E-state index contributed by atoms with van der Waals surface area (Å²) in [5.74, 6) is 0.128. The average molecular weight is 352 g/mol. The molecule has 1 aromatic heterocycles. The number of methoxy groups -OCH3 is 1. The van der Waals surface area contributed by atoms with Crippen LogP contribution in [0.2, 0.25) is 0 Å². The molecular formula is C18H16N4O4. The molecule has 0 radical (unpaired) electrons. The predicted octanol–water partition coefficient (Wildman–Crippen LogP) is 2.45. The van der Waals surface area contributed by atoms with E-state index in [1.165, 1.54) is 23.4 Å². The molecule has 0 fully saturated rings. The molecule has 0 aliphatic carbocycles. The zero-order chi connectivity index (χ0) is 18.4. The molecule has 8 nitrogen and oxygen atoms in total. The Labute approximate surface area is 149 Å². The zero-order valence-corrected chi connectivity index (χ0v) is 13.9. The molecule has 1 heterocycles. The van der Waals surface area contributed by atoms with Crippen LogP contribution in [0.4, 0.5) is 0 Å². The Morgan fingerprint density at radius 2 is 2.00 bits per heavy atom. The van der Waals surface area contributed by atoms with Crippen molar-refractivity contribution in [3.63, 3.8) is 0 Å². The Hall–Kier alpha value is -3.68. The minimum atomic E-state index is -0.971.